The van der Waals surface area contributed by atoms with Gasteiger partial charge in [0.05, 0.1) is 7.11 Å². The number of hydrogen-bond acceptors (Lipinski definition) is 1. The second-order valence-corrected chi connectivity index (χ2v) is 6.57. The number of aryl methyl sites for hydroxylation is 2. The predicted molar refractivity (Wildman–Crippen MR) is 103 cm³/mol. The number of ether oxygens (including phenoxy) is 1. The first-order valence-electron chi connectivity index (χ1n) is 8.98. The van der Waals surface area contributed by atoms with E-state index in [-0.39, 0.29) is 0 Å². The van der Waals surface area contributed by atoms with Crippen LogP contribution in [0.1, 0.15) is 43.9 Å². The molecule has 0 aliphatic carbocycles. The van der Waals surface area contributed by atoms with Gasteiger partial charge in [-0.05, 0) is 49.6 Å². The van der Waals surface area contributed by atoms with E-state index in [1.165, 1.54) is 59.0 Å². The molecule has 0 amide bonds. The van der Waals surface area contributed by atoms with Crippen LogP contribution in [0.2, 0.25) is 0 Å². The van der Waals surface area contributed by atoms with Gasteiger partial charge in [-0.3, -0.25) is 0 Å². The van der Waals surface area contributed by atoms with Crippen molar-refractivity contribution in [2.75, 3.05) is 7.11 Å². The molecule has 0 aliphatic rings. The summed E-state index contributed by atoms with van der Waals surface area (Å²) in [6, 6.07) is 15.1. The monoisotopic (exact) mass is 321 g/mol. The van der Waals surface area contributed by atoms with Crippen LogP contribution < -0.4 is 4.74 Å². The fraction of sp³-hybridized carbons (Fsp3) is 0.364. The first-order valence-corrected chi connectivity index (χ1v) is 8.98. The van der Waals surface area contributed by atoms with Crippen molar-refractivity contribution in [3.05, 3.63) is 53.7 Å². The molecular formula is C22H27NO. The van der Waals surface area contributed by atoms with Crippen LogP contribution in [-0.2, 0) is 6.42 Å². The van der Waals surface area contributed by atoms with Crippen molar-refractivity contribution in [2.24, 2.45) is 0 Å². The van der Waals surface area contributed by atoms with Gasteiger partial charge < -0.3 is 9.72 Å². The quantitative estimate of drug-likeness (QED) is 0.509. The highest BCUT2D eigenvalue weighted by atomic mass is 16.5. The van der Waals surface area contributed by atoms with Crippen LogP contribution in [-0.4, -0.2) is 12.1 Å². The van der Waals surface area contributed by atoms with Crippen LogP contribution >= 0.6 is 0 Å². The molecule has 1 aromatic heterocycles. The molecule has 0 bridgehead atoms. The van der Waals surface area contributed by atoms with Crippen LogP contribution in [0.3, 0.4) is 0 Å². The summed E-state index contributed by atoms with van der Waals surface area (Å²) in [5.74, 6) is 0.909. The average Bonchev–Trinajstić information content (AvgIpc) is 2.96. The minimum absolute atomic E-state index is 0.909. The highest BCUT2D eigenvalue weighted by Crippen LogP contribution is 2.35. The van der Waals surface area contributed by atoms with Crippen LogP contribution in [0.15, 0.2) is 42.5 Å². The third-order valence-corrected chi connectivity index (χ3v) is 4.67. The molecule has 0 saturated heterocycles. The number of methoxy groups -OCH3 is 1. The van der Waals surface area contributed by atoms with Gasteiger partial charge in [0.15, 0.2) is 0 Å². The summed E-state index contributed by atoms with van der Waals surface area (Å²) in [7, 11) is 1.73. The number of H-pyrrole nitrogens is 1. The topological polar surface area (TPSA) is 25.0 Å². The Morgan fingerprint density at radius 1 is 1.00 bits per heavy atom. The number of fused-ring (bicyclic) bond motifs is 1. The van der Waals surface area contributed by atoms with E-state index in [0.717, 1.165) is 12.2 Å². The van der Waals surface area contributed by atoms with E-state index in [9.17, 15) is 0 Å². The Bertz CT molecular complexity index is 816. The first kappa shape index (κ1) is 16.6. The largest absolute Gasteiger partial charge is 0.497 e. The van der Waals surface area contributed by atoms with Crippen molar-refractivity contribution in [1.29, 1.82) is 0 Å². The maximum atomic E-state index is 5.43. The van der Waals surface area contributed by atoms with Gasteiger partial charge in [-0.1, -0.05) is 49.9 Å². The molecule has 3 rings (SSSR count). The molecule has 0 saturated carbocycles. The fourth-order valence-corrected chi connectivity index (χ4v) is 3.39. The zero-order valence-corrected chi connectivity index (χ0v) is 15.0. The molecular weight excluding hydrogens is 294 g/mol. The van der Waals surface area contributed by atoms with Gasteiger partial charge in [0.2, 0.25) is 0 Å². The summed E-state index contributed by atoms with van der Waals surface area (Å²) in [6.45, 7) is 4.41. The molecule has 0 radical (unpaired) electrons. The molecule has 2 nitrogen and oxygen atoms in total. The Labute approximate surface area is 144 Å². The molecule has 126 valence electrons. The van der Waals surface area contributed by atoms with Crippen LogP contribution in [0, 0.1) is 6.92 Å². The number of hydrogen-bond donors (Lipinski definition) is 1. The maximum Gasteiger partial charge on any atom is 0.119 e. The zero-order valence-electron chi connectivity index (χ0n) is 15.0. The normalized spacial score (nSPS) is 11.1. The van der Waals surface area contributed by atoms with Gasteiger partial charge in [0.25, 0.3) is 0 Å². The van der Waals surface area contributed by atoms with Gasteiger partial charge in [0.1, 0.15) is 5.75 Å². The lowest BCUT2D eigenvalue weighted by atomic mass is 9.98. The standard InChI is InChI=1S/C22H27NO/c1-4-5-6-7-11-21-22(17-9-8-10-18(15-17)24-3)19-14-16(2)12-13-20(19)23-21/h8-10,12-15,23H,4-7,11H2,1-3H3. The highest BCUT2D eigenvalue weighted by molar-refractivity contribution is 5.98. The van der Waals surface area contributed by atoms with Crippen molar-refractivity contribution in [2.45, 2.75) is 46.0 Å². The number of benzene rings is 2. The number of aromatic nitrogens is 1. The van der Waals surface area contributed by atoms with E-state index in [4.69, 9.17) is 4.74 Å². The highest BCUT2D eigenvalue weighted by Gasteiger charge is 2.14. The van der Waals surface area contributed by atoms with Crippen molar-refractivity contribution in [3.63, 3.8) is 0 Å². The molecule has 24 heavy (non-hydrogen) atoms. The van der Waals surface area contributed by atoms with Crippen molar-refractivity contribution in [3.8, 4) is 16.9 Å². The maximum absolute atomic E-state index is 5.43. The Kier molecular flexibility index (Phi) is 5.24. The summed E-state index contributed by atoms with van der Waals surface area (Å²) in [5, 5.41) is 1.31. The smallest absolute Gasteiger partial charge is 0.119 e. The Morgan fingerprint density at radius 2 is 1.88 bits per heavy atom. The number of unbranched alkanes of at least 4 members (excludes halogenated alkanes) is 3. The molecule has 2 heteroatoms. The van der Waals surface area contributed by atoms with Crippen molar-refractivity contribution < 1.29 is 4.74 Å². The number of nitrogens with one attached hydrogen (secondary N) is 1. The SMILES string of the molecule is CCCCCCc1[nH]c2ccc(C)cc2c1-c1cccc(OC)c1. The van der Waals surface area contributed by atoms with Crippen molar-refractivity contribution >= 4 is 10.9 Å². The second-order valence-electron chi connectivity index (χ2n) is 6.57. The fourth-order valence-electron chi connectivity index (χ4n) is 3.39. The van der Waals surface area contributed by atoms with E-state index in [1.807, 2.05) is 6.07 Å². The molecule has 1 heterocycles. The summed E-state index contributed by atoms with van der Waals surface area (Å²) in [6.07, 6.45) is 6.21. The van der Waals surface area contributed by atoms with Gasteiger partial charge >= 0.3 is 0 Å². The van der Waals surface area contributed by atoms with Crippen LogP contribution in [0.4, 0.5) is 0 Å². The Morgan fingerprint density at radius 3 is 2.67 bits per heavy atom. The van der Waals surface area contributed by atoms with E-state index >= 15 is 0 Å². The lowest BCUT2D eigenvalue weighted by Crippen LogP contribution is -1.90. The minimum Gasteiger partial charge on any atom is -0.497 e. The average molecular weight is 321 g/mol. The molecule has 0 fully saturated rings. The molecule has 1 N–H and O–H groups in total. The molecule has 0 atom stereocenters. The molecule has 0 spiro atoms. The summed E-state index contributed by atoms with van der Waals surface area (Å²) < 4.78 is 5.43. The number of aromatic amines is 1. The van der Waals surface area contributed by atoms with Gasteiger partial charge in [-0.15, -0.1) is 0 Å². The molecule has 2 aromatic carbocycles. The molecule has 0 unspecified atom stereocenters. The number of rotatable bonds is 7. The summed E-state index contributed by atoms with van der Waals surface area (Å²) in [4.78, 5) is 3.66. The Hall–Kier alpha value is -2.22. The van der Waals surface area contributed by atoms with E-state index in [1.54, 1.807) is 7.11 Å². The lowest BCUT2D eigenvalue weighted by Gasteiger charge is -2.08. The third-order valence-electron chi connectivity index (χ3n) is 4.67. The minimum atomic E-state index is 0.909. The van der Waals surface area contributed by atoms with Crippen LogP contribution in [0.5, 0.6) is 5.75 Å². The van der Waals surface area contributed by atoms with Gasteiger partial charge in [0, 0.05) is 22.2 Å². The molecule has 0 aliphatic heterocycles. The van der Waals surface area contributed by atoms with E-state index < -0.39 is 0 Å². The third kappa shape index (κ3) is 3.48. The van der Waals surface area contributed by atoms with Crippen LogP contribution in [0.25, 0.3) is 22.0 Å². The predicted octanol–water partition coefficient (Wildman–Crippen LogP) is 6.27. The van der Waals surface area contributed by atoms with Gasteiger partial charge in [-0.25, -0.2) is 0 Å². The summed E-state index contributed by atoms with van der Waals surface area (Å²) in [5.41, 5.74) is 6.44. The van der Waals surface area contributed by atoms with Crippen molar-refractivity contribution in [1.82, 2.24) is 4.98 Å². The zero-order chi connectivity index (χ0) is 16.9. The molecule has 3 aromatic rings. The summed E-state index contributed by atoms with van der Waals surface area (Å²) >= 11 is 0. The lowest BCUT2D eigenvalue weighted by molar-refractivity contribution is 0.415. The van der Waals surface area contributed by atoms with Gasteiger partial charge in [-0.2, -0.15) is 0 Å². The van der Waals surface area contributed by atoms with E-state index in [0.29, 0.717) is 0 Å². The Balaban J connectivity index is 2.05. The second kappa shape index (κ2) is 7.57. The van der Waals surface area contributed by atoms with E-state index in [2.05, 4.69) is 55.2 Å². The first-order chi connectivity index (χ1) is 11.7.